The maximum Gasteiger partial charge on any atom is 0.277 e. The zero-order valence-corrected chi connectivity index (χ0v) is 18.8. The molecule has 0 aromatic heterocycles. The zero-order valence-electron chi connectivity index (χ0n) is 18.8. The number of hydrogen-bond acceptors (Lipinski definition) is 3. The third kappa shape index (κ3) is 1.87. The van der Waals surface area contributed by atoms with Crippen molar-refractivity contribution in [2.75, 3.05) is 23.9 Å². The first-order valence-electron chi connectivity index (χ1n) is 10.8. The van der Waals surface area contributed by atoms with Crippen LogP contribution in [0.25, 0.3) is 0 Å². The first-order chi connectivity index (χ1) is 15.2. The van der Waals surface area contributed by atoms with Gasteiger partial charge in [0.2, 0.25) is 11.5 Å². The molecule has 2 unspecified atom stereocenters. The van der Waals surface area contributed by atoms with Gasteiger partial charge in [-0.1, -0.05) is 47.0 Å². The van der Waals surface area contributed by atoms with Gasteiger partial charge in [0.25, 0.3) is 5.91 Å². The van der Waals surface area contributed by atoms with E-state index in [0.717, 1.165) is 44.8 Å². The number of benzene rings is 3. The van der Waals surface area contributed by atoms with Gasteiger partial charge < -0.3 is 14.5 Å². The average Bonchev–Trinajstić information content (AvgIpc) is 3.27. The molecule has 3 aliphatic rings. The second-order valence-electron chi connectivity index (χ2n) is 9.30. The number of fused-ring (bicyclic) bond motifs is 7. The molecule has 0 N–H and O–H groups in total. The molecule has 2 spiro atoms. The Balaban J connectivity index is 1.83. The molecule has 2 atom stereocenters. The number of ether oxygens (including phenoxy) is 1. The summed E-state index contributed by atoms with van der Waals surface area (Å²) in [6.07, 6.45) is 0. The van der Waals surface area contributed by atoms with Crippen LogP contribution in [0.15, 0.2) is 54.6 Å². The second-order valence-corrected chi connectivity index (χ2v) is 9.30. The summed E-state index contributed by atoms with van der Waals surface area (Å²) in [4.78, 5) is 31.9. The summed E-state index contributed by atoms with van der Waals surface area (Å²) in [5.41, 5.74) is 4.19. The minimum Gasteiger partial charge on any atom is -0.470 e. The molecule has 0 bridgehead atoms. The van der Waals surface area contributed by atoms with Crippen LogP contribution in [-0.2, 0) is 20.6 Å². The van der Waals surface area contributed by atoms with E-state index in [2.05, 4.69) is 0 Å². The Morgan fingerprint density at radius 2 is 1.16 bits per heavy atom. The summed E-state index contributed by atoms with van der Waals surface area (Å²) >= 11 is 0. The Morgan fingerprint density at radius 1 is 0.656 bits per heavy atom. The number of carbonyl (C=O) groups excluding carboxylic acids is 2. The molecule has 160 valence electrons. The minimum absolute atomic E-state index is 0.140. The summed E-state index contributed by atoms with van der Waals surface area (Å²) in [6, 6.07) is 17.8. The van der Waals surface area contributed by atoms with Crippen LogP contribution in [0.1, 0.15) is 33.4 Å². The van der Waals surface area contributed by atoms with Gasteiger partial charge in [-0.2, -0.15) is 0 Å². The van der Waals surface area contributed by atoms with Gasteiger partial charge in [0.05, 0.1) is 5.69 Å². The SMILES string of the molecule is Cc1ccc2c(c1)C1(Oc3ccc(C)cc3C13C(=O)N(C)c1ccc(C)cc13)C(=O)N2C. The van der Waals surface area contributed by atoms with Crippen molar-refractivity contribution in [2.24, 2.45) is 0 Å². The van der Waals surface area contributed by atoms with Gasteiger partial charge in [-0.05, 0) is 45.0 Å². The van der Waals surface area contributed by atoms with Gasteiger partial charge >= 0.3 is 0 Å². The van der Waals surface area contributed by atoms with Crippen molar-refractivity contribution >= 4 is 23.2 Å². The molecule has 3 aromatic carbocycles. The lowest BCUT2D eigenvalue weighted by atomic mass is 9.62. The number of likely N-dealkylation sites (N-methyl/N-ethyl adjacent to an activating group) is 2. The Labute approximate surface area is 187 Å². The van der Waals surface area contributed by atoms with E-state index in [4.69, 9.17) is 4.74 Å². The summed E-state index contributed by atoms with van der Waals surface area (Å²) in [7, 11) is 3.55. The van der Waals surface area contributed by atoms with Crippen molar-refractivity contribution in [3.8, 4) is 5.75 Å². The third-order valence-corrected chi connectivity index (χ3v) is 7.37. The van der Waals surface area contributed by atoms with E-state index in [9.17, 15) is 9.59 Å². The zero-order chi connectivity index (χ0) is 22.6. The topological polar surface area (TPSA) is 49.9 Å². The Morgan fingerprint density at radius 3 is 1.81 bits per heavy atom. The number of amides is 2. The van der Waals surface area contributed by atoms with Crippen LogP contribution in [0.5, 0.6) is 5.75 Å². The molecule has 0 saturated heterocycles. The first kappa shape index (κ1) is 19.1. The molecule has 5 heteroatoms. The predicted octanol–water partition coefficient (Wildman–Crippen LogP) is 4.14. The van der Waals surface area contributed by atoms with Gasteiger partial charge in [0, 0.05) is 36.5 Å². The van der Waals surface area contributed by atoms with Crippen LogP contribution in [0.4, 0.5) is 11.4 Å². The van der Waals surface area contributed by atoms with E-state index in [1.807, 2.05) is 75.4 Å². The van der Waals surface area contributed by atoms with Crippen molar-refractivity contribution in [2.45, 2.75) is 31.8 Å². The standard InChI is InChI=1S/C27H24N2O3/c1-15-6-9-21-18(12-15)26(24(30)28(21)4)20-14-17(3)8-11-23(20)32-27(26)19-13-16(2)7-10-22(19)29(5)25(27)31/h6-14H,1-5H3. The van der Waals surface area contributed by atoms with Crippen LogP contribution in [0, 0.1) is 20.8 Å². The fraction of sp³-hybridized carbons (Fsp3) is 0.259. The summed E-state index contributed by atoms with van der Waals surface area (Å²) in [5, 5.41) is 0. The second kappa shape index (κ2) is 5.80. The van der Waals surface area contributed by atoms with Crippen LogP contribution in [0.3, 0.4) is 0 Å². The monoisotopic (exact) mass is 424 g/mol. The molecule has 5 nitrogen and oxygen atoms in total. The van der Waals surface area contributed by atoms with Gasteiger partial charge in [-0.15, -0.1) is 0 Å². The minimum atomic E-state index is -1.50. The van der Waals surface area contributed by atoms with Crippen LogP contribution in [0.2, 0.25) is 0 Å². The highest BCUT2D eigenvalue weighted by Crippen LogP contribution is 2.66. The first-order valence-corrected chi connectivity index (χ1v) is 10.8. The molecular weight excluding hydrogens is 400 g/mol. The van der Waals surface area contributed by atoms with E-state index < -0.39 is 11.0 Å². The van der Waals surface area contributed by atoms with Gasteiger partial charge in [-0.3, -0.25) is 9.59 Å². The van der Waals surface area contributed by atoms with E-state index in [1.165, 1.54) is 0 Å². The molecule has 3 aliphatic heterocycles. The third-order valence-electron chi connectivity index (χ3n) is 7.37. The molecule has 6 rings (SSSR count). The van der Waals surface area contributed by atoms with Gasteiger partial charge in [-0.25, -0.2) is 0 Å². The Bertz CT molecular complexity index is 1380. The Kier molecular flexibility index (Phi) is 3.46. The van der Waals surface area contributed by atoms with Crippen LogP contribution < -0.4 is 14.5 Å². The van der Waals surface area contributed by atoms with Crippen molar-refractivity contribution in [1.29, 1.82) is 0 Å². The maximum absolute atomic E-state index is 14.4. The Hall–Kier alpha value is -3.60. The average molecular weight is 425 g/mol. The van der Waals surface area contributed by atoms with Crippen molar-refractivity contribution in [3.63, 3.8) is 0 Å². The quantitative estimate of drug-likeness (QED) is 0.545. The molecule has 3 aromatic rings. The molecule has 3 heterocycles. The number of hydrogen-bond donors (Lipinski definition) is 0. The number of aryl methyl sites for hydroxylation is 3. The number of carbonyl (C=O) groups is 2. The molecular formula is C27H24N2O3. The summed E-state index contributed by atoms with van der Waals surface area (Å²) in [6.45, 7) is 6.01. The molecule has 32 heavy (non-hydrogen) atoms. The summed E-state index contributed by atoms with van der Waals surface area (Å²) < 4.78 is 6.69. The smallest absolute Gasteiger partial charge is 0.277 e. The van der Waals surface area contributed by atoms with Crippen molar-refractivity contribution in [1.82, 2.24) is 0 Å². The van der Waals surface area contributed by atoms with Crippen LogP contribution in [-0.4, -0.2) is 25.9 Å². The highest BCUT2D eigenvalue weighted by Gasteiger charge is 2.76. The van der Waals surface area contributed by atoms with E-state index >= 15 is 0 Å². The van der Waals surface area contributed by atoms with Crippen molar-refractivity contribution < 1.29 is 14.3 Å². The number of nitrogens with zero attached hydrogens (tertiary/aromatic N) is 2. The van der Waals surface area contributed by atoms with E-state index in [-0.39, 0.29) is 11.8 Å². The van der Waals surface area contributed by atoms with Crippen LogP contribution >= 0.6 is 0 Å². The number of rotatable bonds is 0. The van der Waals surface area contributed by atoms with Gasteiger partial charge in [0.1, 0.15) is 5.75 Å². The van der Waals surface area contributed by atoms with E-state index in [0.29, 0.717) is 5.75 Å². The fourth-order valence-electron chi connectivity index (χ4n) is 5.92. The lowest BCUT2D eigenvalue weighted by molar-refractivity contribution is -0.142. The molecule has 0 radical (unpaired) electrons. The lowest BCUT2D eigenvalue weighted by Gasteiger charge is -2.37. The van der Waals surface area contributed by atoms with Crippen molar-refractivity contribution in [3.05, 3.63) is 88.0 Å². The largest absolute Gasteiger partial charge is 0.470 e. The van der Waals surface area contributed by atoms with Gasteiger partial charge in [0.15, 0.2) is 5.41 Å². The summed E-state index contributed by atoms with van der Waals surface area (Å²) in [5.74, 6) is 0.226. The highest BCUT2D eigenvalue weighted by molar-refractivity contribution is 6.20. The number of anilines is 2. The highest BCUT2D eigenvalue weighted by atomic mass is 16.5. The molecule has 2 amide bonds. The normalized spacial score (nSPS) is 24.9. The molecule has 0 fully saturated rings. The molecule has 0 saturated carbocycles. The predicted molar refractivity (Wildman–Crippen MR) is 123 cm³/mol. The fourth-order valence-corrected chi connectivity index (χ4v) is 5.92. The molecule has 0 aliphatic carbocycles. The maximum atomic E-state index is 14.4. The van der Waals surface area contributed by atoms with E-state index in [1.54, 1.807) is 23.9 Å². The lowest BCUT2D eigenvalue weighted by Crippen LogP contribution is -2.59.